The number of carbonyl (C=O) groups is 1. The van der Waals surface area contributed by atoms with Crippen LogP contribution in [0.3, 0.4) is 0 Å². The van der Waals surface area contributed by atoms with Crippen molar-refractivity contribution in [3.63, 3.8) is 0 Å². The van der Waals surface area contributed by atoms with E-state index in [1.807, 2.05) is 0 Å². The summed E-state index contributed by atoms with van der Waals surface area (Å²) in [6.45, 7) is 18.4. The lowest BCUT2D eigenvalue weighted by molar-refractivity contribution is -0.213. The molecule has 3 heteroatoms. The zero-order chi connectivity index (χ0) is 28.6. The summed E-state index contributed by atoms with van der Waals surface area (Å²) in [5, 5.41) is 11.2. The first-order chi connectivity index (χ1) is 18.5. The molecule has 3 saturated carbocycles. The second-order valence-electron chi connectivity index (χ2n) is 13.7. The number of rotatable bonds is 12. The lowest BCUT2D eigenvalue weighted by Gasteiger charge is -2.44. The molecule has 0 bridgehead atoms. The molecule has 3 nitrogen and oxygen atoms in total. The molecule has 0 radical (unpaired) electrons. The average Bonchev–Trinajstić information content (AvgIpc) is 3.25. The van der Waals surface area contributed by atoms with Crippen molar-refractivity contribution in [2.45, 2.75) is 137 Å². The van der Waals surface area contributed by atoms with Gasteiger partial charge in [-0.05, 0) is 85.5 Å². The van der Waals surface area contributed by atoms with Gasteiger partial charge in [0.2, 0.25) is 5.79 Å². The smallest absolute Gasteiger partial charge is 0.308 e. The first-order valence-electron chi connectivity index (χ1n) is 16.2. The summed E-state index contributed by atoms with van der Waals surface area (Å²) in [5.41, 5.74) is 4.02. The summed E-state index contributed by atoms with van der Waals surface area (Å²) < 4.78 is 5.64. The SMILES string of the molecule is C=C1CC[C@](O)(OC(=O)CCCCCCC)C/C1=C/C=C1\CCC[C@]2(C)[C@@H]([C@H](C)/C=C/[C@H](C)C(C)C)CC[C@@H]12. The number of carbonyl (C=O) groups excluding carboxylic acids is 1. The van der Waals surface area contributed by atoms with E-state index < -0.39 is 5.79 Å². The minimum atomic E-state index is -1.40. The highest BCUT2D eigenvalue weighted by molar-refractivity contribution is 5.69. The third-order valence-corrected chi connectivity index (χ3v) is 10.5. The molecule has 1 N–H and O–H groups in total. The maximum absolute atomic E-state index is 12.5. The van der Waals surface area contributed by atoms with Crippen LogP contribution in [0, 0.1) is 35.0 Å². The van der Waals surface area contributed by atoms with Crippen LogP contribution in [-0.4, -0.2) is 16.9 Å². The second-order valence-corrected chi connectivity index (χ2v) is 13.7. The number of ether oxygens (including phenoxy) is 1. The minimum Gasteiger partial charge on any atom is -0.433 e. The molecule has 220 valence electrons. The Labute approximate surface area is 240 Å². The standard InChI is InChI=1S/C36H58O3/c1-8-9-10-11-12-15-34(37)39-36(38)24-22-28(5)31(25-36)19-18-30-14-13-23-35(7)32(20-21-33(30)35)29(6)17-16-27(4)26(2)3/h16-19,26-27,29,32-33,38H,5,8-15,20-25H2,1-4,6-7H3/b17-16+,30-18+,31-19-/t27-,29+,32+,33-,35+,36-/m0/s1. The molecule has 3 aliphatic carbocycles. The molecule has 3 rings (SSSR count). The fourth-order valence-corrected chi connectivity index (χ4v) is 7.48. The van der Waals surface area contributed by atoms with Gasteiger partial charge in [-0.25, -0.2) is 0 Å². The Hall–Kier alpha value is -1.61. The Morgan fingerprint density at radius 2 is 1.79 bits per heavy atom. The Bertz CT molecular complexity index is 924. The van der Waals surface area contributed by atoms with Crippen molar-refractivity contribution in [1.82, 2.24) is 0 Å². The van der Waals surface area contributed by atoms with Crippen molar-refractivity contribution >= 4 is 5.97 Å². The maximum atomic E-state index is 12.5. The highest BCUT2D eigenvalue weighted by Gasteiger charge is 2.50. The van der Waals surface area contributed by atoms with Gasteiger partial charge >= 0.3 is 5.97 Å². The summed E-state index contributed by atoms with van der Waals surface area (Å²) in [6, 6.07) is 0. The van der Waals surface area contributed by atoms with Crippen molar-refractivity contribution in [2.24, 2.45) is 35.0 Å². The van der Waals surface area contributed by atoms with E-state index >= 15 is 0 Å². The summed E-state index contributed by atoms with van der Waals surface area (Å²) in [7, 11) is 0. The Kier molecular flexibility index (Phi) is 11.7. The van der Waals surface area contributed by atoms with Gasteiger partial charge < -0.3 is 9.84 Å². The van der Waals surface area contributed by atoms with Gasteiger partial charge in [0.1, 0.15) is 0 Å². The van der Waals surface area contributed by atoms with Gasteiger partial charge in [0, 0.05) is 19.3 Å². The number of fused-ring (bicyclic) bond motifs is 1. The molecule has 0 aromatic heterocycles. The van der Waals surface area contributed by atoms with E-state index in [1.54, 1.807) is 5.57 Å². The van der Waals surface area contributed by atoms with Gasteiger partial charge in [0.15, 0.2) is 0 Å². The molecule has 0 amide bonds. The molecular weight excluding hydrogens is 480 g/mol. The fraction of sp³-hybridized carbons (Fsp3) is 0.750. The maximum Gasteiger partial charge on any atom is 0.308 e. The highest BCUT2D eigenvalue weighted by Crippen LogP contribution is 2.59. The Morgan fingerprint density at radius 1 is 1.05 bits per heavy atom. The molecule has 3 fully saturated rings. The summed E-state index contributed by atoms with van der Waals surface area (Å²) in [4.78, 5) is 12.5. The summed E-state index contributed by atoms with van der Waals surface area (Å²) in [6.07, 6.45) is 23.0. The van der Waals surface area contributed by atoms with Crippen LogP contribution in [0.1, 0.15) is 131 Å². The number of hydrogen-bond donors (Lipinski definition) is 1. The molecule has 6 atom stereocenters. The van der Waals surface area contributed by atoms with Gasteiger partial charge in [0.25, 0.3) is 0 Å². The molecular formula is C36H58O3. The van der Waals surface area contributed by atoms with Gasteiger partial charge in [0.05, 0.1) is 0 Å². The van der Waals surface area contributed by atoms with Crippen molar-refractivity contribution in [3.05, 3.63) is 47.6 Å². The van der Waals surface area contributed by atoms with Crippen molar-refractivity contribution in [3.8, 4) is 0 Å². The third kappa shape index (κ3) is 8.44. The van der Waals surface area contributed by atoms with Gasteiger partial charge in [-0.2, -0.15) is 0 Å². The number of hydrogen-bond acceptors (Lipinski definition) is 3. The molecule has 0 aliphatic heterocycles. The van der Waals surface area contributed by atoms with Crippen molar-refractivity contribution < 1.29 is 14.6 Å². The van der Waals surface area contributed by atoms with Crippen LogP contribution in [0.25, 0.3) is 0 Å². The van der Waals surface area contributed by atoms with Crippen molar-refractivity contribution in [2.75, 3.05) is 0 Å². The molecule has 0 spiro atoms. The molecule has 0 saturated heterocycles. The van der Waals surface area contributed by atoms with E-state index in [0.717, 1.165) is 42.7 Å². The van der Waals surface area contributed by atoms with E-state index in [2.05, 4.69) is 72.4 Å². The van der Waals surface area contributed by atoms with Crippen LogP contribution in [0.4, 0.5) is 0 Å². The average molecular weight is 539 g/mol. The molecule has 39 heavy (non-hydrogen) atoms. The molecule has 3 aliphatic rings. The van der Waals surface area contributed by atoms with E-state index in [9.17, 15) is 9.90 Å². The van der Waals surface area contributed by atoms with Crippen LogP contribution in [0.2, 0.25) is 0 Å². The molecule has 0 aromatic rings. The highest BCUT2D eigenvalue weighted by atomic mass is 16.7. The van der Waals surface area contributed by atoms with Crippen LogP contribution in [0.5, 0.6) is 0 Å². The van der Waals surface area contributed by atoms with Crippen LogP contribution >= 0.6 is 0 Å². The van der Waals surface area contributed by atoms with E-state index in [4.69, 9.17) is 4.74 Å². The van der Waals surface area contributed by atoms with Gasteiger partial charge in [-0.1, -0.05) is 109 Å². The molecule has 0 unspecified atom stereocenters. The predicted octanol–water partition coefficient (Wildman–Crippen LogP) is 9.87. The quantitative estimate of drug-likeness (QED) is 0.116. The largest absolute Gasteiger partial charge is 0.433 e. The fourth-order valence-electron chi connectivity index (χ4n) is 7.48. The van der Waals surface area contributed by atoms with Gasteiger partial charge in [-0.3, -0.25) is 4.79 Å². The van der Waals surface area contributed by atoms with Crippen LogP contribution in [0.15, 0.2) is 47.6 Å². The first kappa shape index (κ1) is 31.9. The van der Waals surface area contributed by atoms with Crippen LogP contribution < -0.4 is 0 Å². The third-order valence-electron chi connectivity index (χ3n) is 10.5. The molecule has 0 aromatic carbocycles. The normalized spacial score (nSPS) is 33.2. The summed E-state index contributed by atoms with van der Waals surface area (Å²) >= 11 is 0. The van der Waals surface area contributed by atoms with E-state index in [1.165, 1.54) is 38.5 Å². The monoisotopic (exact) mass is 538 g/mol. The topological polar surface area (TPSA) is 46.5 Å². The number of esters is 1. The van der Waals surface area contributed by atoms with Crippen LogP contribution in [-0.2, 0) is 9.53 Å². The summed E-state index contributed by atoms with van der Waals surface area (Å²) in [5.74, 6) is 1.60. The predicted molar refractivity (Wildman–Crippen MR) is 164 cm³/mol. The Balaban J connectivity index is 1.65. The van der Waals surface area contributed by atoms with Gasteiger partial charge in [-0.15, -0.1) is 0 Å². The second kappa shape index (κ2) is 14.3. The minimum absolute atomic E-state index is 0.273. The number of aliphatic hydroxyl groups is 1. The lowest BCUT2D eigenvalue weighted by atomic mass is 9.61. The lowest BCUT2D eigenvalue weighted by Crippen LogP contribution is -2.38. The zero-order valence-electron chi connectivity index (χ0n) is 26.1. The van der Waals surface area contributed by atoms with E-state index in [0.29, 0.717) is 54.8 Å². The first-order valence-corrected chi connectivity index (χ1v) is 16.2. The zero-order valence-corrected chi connectivity index (χ0v) is 26.1. The van der Waals surface area contributed by atoms with Crippen molar-refractivity contribution in [1.29, 1.82) is 0 Å². The Morgan fingerprint density at radius 3 is 2.51 bits per heavy atom. The molecule has 0 heterocycles. The number of allylic oxidation sites excluding steroid dienone is 6. The number of unbranched alkanes of at least 4 members (excludes halogenated alkanes) is 4. The van der Waals surface area contributed by atoms with E-state index in [-0.39, 0.29) is 5.97 Å².